The predicted molar refractivity (Wildman–Crippen MR) is 110 cm³/mol. The highest BCUT2D eigenvalue weighted by atomic mass is 32.1. The summed E-state index contributed by atoms with van der Waals surface area (Å²) in [6.45, 7) is 8.86. The molecule has 138 valence electrons. The van der Waals surface area contributed by atoms with Gasteiger partial charge in [0.15, 0.2) is 5.11 Å². The molecule has 2 N–H and O–H groups in total. The maximum absolute atomic E-state index is 6.16. The van der Waals surface area contributed by atoms with E-state index in [4.69, 9.17) is 21.7 Å². The topological polar surface area (TPSA) is 42.5 Å². The molecule has 0 fully saturated rings. The molecule has 0 amide bonds. The molecule has 0 radical (unpaired) electrons. The van der Waals surface area contributed by atoms with E-state index in [1.165, 1.54) is 5.56 Å². The normalized spacial score (nSPS) is 17.6. The molecule has 0 aromatic heterocycles. The number of rotatable bonds is 4. The molecule has 1 aliphatic heterocycles. The first-order chi connectivity index (χ1) is 12.4. The number of fused-ring (bicyclic) bond motifs is 1. The van der Waals surface area contributed by atoms with Gasteiger partial charge in [-0.3, -0.25) is 0 Å². The number of ether oxygens (including phenoxy) is 2. The number of aryl methyl sites for hydroxylation is 1. The lowest BCUT2D eigenvalue weighted by molar-refractivity contribution is 0.0696. The fraction of sp³-hybridized carbons (Fsp3) is 0.381. The molecule has 2 aromatic rings. The van der Waals surface area contributed by atoms with E-state index in [-0.39, 0.29) is 11.6 Å². The van der Waals surface area contributed by atoms with Crippen molar-refractivity contribution < 1.29 is 9.47 Å². The van der Waals surface area contributed by atoms with E-state index < -0.39 is 0 Å². The van der Waals surface area contributed by atoms with Gasteiger partial charge in [-0.15, -0.1) is 0 Å². The fourth-order valence-corrected chi connectivity index (χ4v) is 3.51. The minimum Gasteiger partial charge on any atom is -0.492 e. The molecular formula is C21H26N2O2S. The summed E-state index contributed by atoms with van der Waals surface area (Å²) < 4.78 is 11.8. The molecule has 0 bridgehead atoms. The van der Waals surface area contributed by atoms with Crippen LogP contribution in [0.4, 0.5) is 5.69 Å². The third kappa shape index (κ3) is 4.28. The molecule has 5 heteroatoms. The predicted octanol–water partition coefficient (Wildman–Crippen LogP) is 4.98. The Kier molecular flexibility index (Phi) is 5.37. The molecule has 26 heavy (non-hydrogen) atoms. The second-order valence-electron chi connectivity index (χ2n) is 7.19. The maximum Gasteiger partial charge on any atom is 0.171 e. The molecule has 1 atom stereocenters. The molecule has 3 rings (SSSR count). The van der Waals surface area contributed by atoms with Gasteiger partial charge in [0, 0.05) is 12.0 Å². The van der Waals surface area contributed by atoms with Crippen molar-refractivity contribution in [2.45, 2.75) is 45.8 Å². The quantitative estimate of drug-likeness (QED) is 0.743. The van der Waals surface area contributed by atoms with Gasteiger partial charge in [-0.25, -0.2) is 0 Å². The van der Waals surface area contributed by atoms with Crippen LogP contribution in [-0.2, 0) is 0 Å². The highest BCUT2D eigenvalue weighted by molar-refractivity contribution is 7.80. The summed E-state index contributed by atoms with van der Waals surface area (Å²) in [5, 5.41) is 7.29. The number of benzene rings is 2. The Hall–Kier alpha value is -2.27. The van der Waals surface area contributed by atoms with Crippen molar-refractivity contribution in [2.75, 3.05) is 11.9 Å². The minimum atomic E-state index is -0.253. The Labute approximate surface area is 160 Å². The summed E-state index contributed by atoms with van der Waals surface area (Å²) in [4.78, 5) is 0. The Balaban J connectivity index is 1.77. The second kappa shape index (κ2) is 7.54. The number of thiocarbonyl (C=S) groups is 1. The van der Waals surface area contributed by atoms with Crippen LogP contribution in [0, 0.1) is 6.92 Å². The van der Waals surface area contributed by atoms with Gasteiger partial charge in [0.1, 0.15) is 17.1 Å². The zero-order chi connectivity index (χ0) is 18.7. The highest BCUT2D eigenvalue weighted by Gasteiger charge is 2.34. The molecule has 1 heterocycles. The Morgan fingerprint density at radius 2 is 2.04 bits per heavy atom. The van der Waals surface area contributed by atoms with Crippen LogP contribution < -0.4 is 20.1 Å². The summed E-state index contributed by atoms with van der Waals surface area (Å²) in [5.41, 5.74) is 2.93. The average molecular weight is 371 g/mol. The van der Waals surface area contributed by atoms with Crippen molar-refractivity contribution >= 4 is 23.0 Å². The molecule has 0 unspecified atom stereocenters. The lowest BCUT2D eigenvalue weighted by Crippen LogP contribution is -2.42. The summed E-state index contributed by atoms with van der Waals surface area (Å²) >= 11 is 5.57. The number of hydrogen-bond donors (Lipinski definition) is 2. The van der Waals surface area contributed by atoms with Crippen molar-refractivity contribution in [3.05, 3.63) is 53.6 Å². The molecule has 4 nitrogen and oxygen atoms in total. The SMILES string of the molecule is CCOc1ccccc1NC(=S)N[C@@H]1CC(C)(C)Oc2cc(C)ccc21. The van der Waals surface area contributed by atoms with Gasteiger partial charge >= 0.3 is 0 Å². The summed E-state index contributed by atoms with van der Waals surface area (Å²) in [5.74, 6) is 1.72. The van der Waals surface area contributed by atoms with Crippen molar-refractivity contribution in [1.82, 2.24) is 5.32 Å². The van der Waals surface area contributed by atoms with Gasteiger partial charge < -0.3 is 20.1 Å². The first-order valence-electron chi connectivity index (χ1n) is 8.97. The zero-order valence-electron chi connectivity index (χ0n) is 15.8. The summed E-state index contributed by atoms with van der Waals surface area (Å²) in [6, 6.07) is 14.2. The first-order valence-corrected chi connectivity index (χ1v) is 9.38. The minimum absolute atomic E-state index is 0.0913. The number of anilines is 1. The van der Waals surface area contributed by atoms with E-state index in [1.807, 2.05) is 31.2 Å². The lowest BCUT2D eigenvalue weighted by atomic mass is 9.89. The lowest BCUT2D eigenvalue weighted by Gasteiger charge is -2.38. The number of nitrogens with one attached hydrogen (secondary N) is 2. The summed E-state index contributed by atoms with van der Waals surface area (Å²) in [6.07, 6.45) is 0.831. The monoisotopic (exact) mass is 370 g/mol. The van der Waals surface area contributed by atoms with Crippen molar-refractivity contribution in [3.63, 3.8) is 0 Å². The van der Waals surface area contributed by atoms with Crippen LogP contribution in [0.3, 0.4) is 0 Å². The zero-order valence-corrected chi connectivity index (χ0v) is 16.6. The standard InChI is InChI=1S/C21H26N2O2S/c1-5-24-18-9-7-6-8-16(18)22-20(26)23-17-13-21(3,4)25-19-12-14(2)10-11-15(17)19/h6-12,17H,5,13H2,1-4H3,(H2,22,23,26)/t17-/m1/s1. The van der Waals surface area contributed by atoms with Gasteiger partial charge in [-0.05, 0) is 63.7 Å². The molecule has 1 aliphatic rings. The third-order valence-electron chi connectivity index (χ3n) is 4.37. The molecule has 0 aliphatic carbocycles. The molecule has 0 saturated heterocycles. The van der Waals surface area contributed by atoms with Gasteiger partial charge in [0.25, 0.3) is 0 Å². The molecular weight excluding hydrogens is 344 g/mol. The average Bonchev–Trinajstić information content (AvgIpc) is 2.55. The van der Waals surface area contributed by atoms with Gasteiger partial charge in [-0.1, -0.05) is 24.3 Å². The van der Waals surface area contributed by atoms with E-state index in [0.717, 1.165) is 29.2 Å². The fourth-order valence-electron chi connectivity index (χ4n) is 3.26. The highest BCUT2D eigenvalue weighted by Crippen LogP contribution is 2.40. The third-order valence-corrected chi connectivity index (χ3v) is 4.59. The number of para-hydroxylation sites is 2. The Morgan fingerprint density at radius 1 is 1.27 bits per heavy atom. The van der Waals surface area contributed by atoms with E-state index in [9.17, 15) is 0 Å². The second-order valence-corrected chi connectivity index (χ2v) is 7.60. The van der Waals surface area contributed by atoms with E-state index in [1.54, 1.807) is 0 Å². The van der Waals surface area contributed by atoms with Gasteiger partial charge in [0.2, 0.25) is 0 Å². The van der Waals surface area contributed by atoms with Crippen LogP contribution in [0.2, 0.25) is 0 Å². The van der Waals surface area contributed by atoms with Gasteiger partial charge in [-0.2, -0.15) is 0 Å². The van der Waals surface area contributed by atoms with Crippen molar-refractivity contribution in [2.24, 2.45) is 0 Å². The molecule has 0 saturated carbocycles. The number of hydrogen-bond acceptors (Lipinski definition) is 3. The van der Waals surface area contributed by atoms with E-state index in [2.05, 4.69) is 49.6 Å². The first kappa shape index (κ1) is 18.5. The van der Waals surface area contributed by atoms with Crippen LogP contribution in [0.25, 0.3) is 0 Å². The van der Waals surface area contributed by atoms with E-state index in [0.29, 0.717) is 11.7 Å². The van der Waals surface area contributed by atoms with Crippen molar-refractivity contribution in [1.29, 1.82) is 0 Å². The van der Waals surface area contributed by atoms with E-state index >= 15 is 0 Å². The van der Waals surface area contributed by atoms with Crippen molar-refractivity contribution in [3.8, 4) is 11.5 Å². The summed E-state index contributed by atoms with van der Waals surface area (Å²) in [7, 11) is 0. The van der Waals surface area contributed by atoms with Crippen LogP contribution in [0.1, 0.15) is 44.4 Å². The Bertz CT molecular complexity index is 804. The van der Waals surface area contributed by atoms with Gasteiger partial charge in [0.05, 0.1) is 18.3 Å². The smallest absolute Gasteiger partial charge is 0.171 e. The van der Waals surface area contributed by atoms with Crippen LogP contribution in [-0.4, -0.2) is 17.3 Å². The largest absolute Gasteiger partial charge is 0.492 e. The Morgan fingerprint density at radius 3 is 2.81 bits per heavy atom. The molecule has 2 aromatic carbocycles. The molecule has 0 spiro atoms. The van der Waals surface area contributed by atoms with Crippen LogP contribution in [0.5, 0.6) is 11.5 Å². The van der Waals surface area contributed by atoms with Crippen LogP contribution >= 0.6 is 12.2 Å². The van der Waals surface area contributed by atoms with Crippen LogP contribution in [0.15, 0.2) is 42.5 Å². The maximum atomic E-state index is 6.16.